The number of nitrogens with zero attached hydrogens (tertiary/aromatic N) is 1. The minimum absolute atomic E-state index is 0.113. The molecule has 2 rings (SSSR count). The average Bonchev–Trinajstić information content (AvgIpc) is 2.38. The van der Waals surface area contributed by atoms with Gasteiger partial charge in [-0.25, -0.2) is 0 Å². The van der Waals surface area contributed by atoms with Gasteiger partial charge in [-0.15, -0.1) is 0 Å². The minimum atomic E-state index is -0.527. The Morgan fingerprint density at radius 3 is 2.58 bits per heavy atom. The van der Waals surface area contributed by atoms with Crippen molar-refractivity contribution in [1.82, 2.24) is 0 Å². The molecule has 0 saturated carbocycles. The van der Waals surface area contributed by atoms with Crippen LogP contribution in [-0.4, -0.2) is 10.0 Å². The first-order chi connectivity index (χ1) is 9.10. The quantitative estimate of drug-likeness (QED) is 0.508. The smallest absolute Gasteiger partial charge is 0.275 e. The van der Waals surface area contributed by atoms with E-state index in [1.54, 1.807) is 6.07 Å². The van der Waals surface area contributed by atoms with Crippen LogP contribution in [0.5, 0.6) is 11.5 Å². The summed E-state index contributed by atoms with van der Waals surface area (Å²) in [5.74, 6) is 1.10. The van der Waals surface area contributed by atoms with Crippen LogP contribution in [0.25, 0.3) is 0 Å². The molecule has 0 saturated heterocycles. The van der Waals surface area contributed by atoms with Crippen molar-refractivity contribution in [3.05, 3.63) is 61.7 Å². The average molecular weight is 371 g/mol. The molecule has 0 fully saturated rings. The normalized spacial score (nSPS) is 10.2. The van der Waals surface area contributed by atoms with Crippen LogP contribution in [0.1, 0.15) is 5.56 Å². The van der Waals surface area contributed by atoms with Crippen molar-refractivity contribution in [2.24, 2.45) is 0 Å². The zero-order valence-electron chi connectivity index (χ0n) is 9.75. The second kappa shape index (κ2) is 5.98. The maximum absolute atomic E-state index is 10.7. The first kappa shape index (κ1) is 13.8. The Hall–Kier alpha value is -1.67. The van der Waals surface area contributed by atoms with E-state index in [2.05, 4.69) is 22.6 Å². The minimum Gasteiger partial charge on any atom is -0.457 e. The van der Waals surface area contributed by atoms with E-state index < -0.39 is 11.5 Å². The van der Waals surface area contributed by atoms with Crippen molar-refractivity contribution in [2.45, 2.75) is 6.61 Å². The van der Waals surface area contributed by atoms with E-state index in [1.807, 2.05) is 18.2 Å². The van der Waals surface area contributed by atoms with Crippen LogP contribution in [-0.2, 0) is 6.61 Å². The van der Waals surface area contributed by atoms with Gasteiger partial charge in [-0.1, -0.05) is 6.07 Å². The fraction of sp³-hybridized carbons (Fsp3) is 0.0769. The van der Waals surface area contributed by atoms with Gasteiger partial charge in [-0.3, -0.25) is 10.1 Å². The van der Waals surface area contributed by atoms with Gasteiger partial charge in [0.05, 0.1) is 17.1 Å². The first-order valence-electron chi connectivity index (χ1n) is 5.42. The summed E-state index contributed by atoms with van der Waals surface area (Å²) in [6.45, 7) is -0.403. The van der Waals surface area contributed by atoms with Crippen LogP contribution >= 0.6 is 22.6 Å². The number of rotatable bonds is 4. The molecule has 0 atom stereocenters. The molecule has 2 aromatic rings. The molecule has 0 aliphatic rings. The molecular weight excluding hydrogens is 361 g/mol. The lowest BCUT2D eigenvalue weighted by atomic mass is 10.2. The third kappa shape index (κ3) is 3.42. The van der Waals surface area contributed by atoms with E-state index in [-0.39, 0.29) is 11.3 Å². The summed E-state index contributed by atoms with van der Waals surface area (Å²) >= 11 is 2.17. The van der Waals surface area contributed by atoms with Gasteiger partial charge in [0.25, 0.3) is 5.69 Å². The zero-order valence-corrected chi connectivity index (χ0v) is 11.9. The van der Waals surface area contributed by atoms with Crippen molar-refractivity contribution in [3.63, 3.8) is 0 Å². The summed E-state index contributed by atoms with van der Waals surface area (Å²) in [5, 5.41) is 19.9. The highest BCUT2D eigenvalue weighted by Gasteiger charge is 2.13. The Kier molecular flexibility index (Phi) is 4.33. The lowest BCUT2D eigenvalue weighted by Crippen LogP contribution is -1.96. The molecule has 0 spiro atoms. The summed E-state index contributed by atoms with van der Waals surface area (Å²) in [4.78, 5) is 10.2. The number of hydrogen-bond donors (Lipinski definition) is 1. The molecule has 2 aromatic carbocycles. The number of benzene rings is 2. The number of hydrogen-bond acceptors (Lipinski definition) is 4. The summed E-state index contributed by atoms with van der Waals surface area (Å²) in [7, 11) is 0. The van der Waals surface area contributed by atoms with Crippen molar-refractivity contribution in [1.29, 1.82) is 0 Å². The number of halogens is 1. The molecular formula is C13H10INO4. The van der Waals surface area contributed by atoms with E-state index in [9.17, 15) is 10.1 Å². The Morgan fingerprint density at radius 1 is 1.21 bits per heavy atom. The van der Waals surface area contributed by atoms with E-state index in [4.69, 9.17) is 9.84 Å². The Balaban J connectivity index is 2.29. The molecule has 98 valence electrons. The number of nitro groups is 1. The standard InChI is InChI=1S/C13H10INO4/c14-10-2-1-3-11(7-10)19-12-4-5-13(15(17)18)9(6-12)8-16/h1-7,16H,8H2. The molecule has 0 unspecified atom stereocenters. The van der Waals surface area contributed by atoms with Crippen molar-refractivity contribution >= 4 is 28.3 Å². The van der Waals surface area contributed by atoms with Gasteiger partial charge in [0.1, 0.15) is 11.5 Å². The number of aliphatic hydroxyl groups excluding tert-OH is 1. The number of ether oxygens (including phenoxy) is 1. The summed E-state index contributed by atoms with van der Waals surface area (Å²) < 4.78 is 6.63. The second-order valence-corrected chi connectivity index (χ2v) is 5.01. The highest BCUT2D eigenvalue weighted by molar-refractivity contribution is 14.1. The molecule has 5 nitrogen and oxygen atoms in total. The maximum atomic E-state index is 10.7. The lowest BCUT2D eigenvalue weighted by Gasteiger charge is -2.07. The third-order valence-corrected chi connectivity index (χ3v) is 3.12. The molecule has 6 heteroatoms. The predicted molar refractivity (Wildman–Crippen MR) is 78.3 cm³/mol. The maximum Gasteiger partial charge on any atom is 0.275 e. The molecule has 0 amide bonds. The van der Waals surface area contributed by atoms with Crippen LogP contribution in [0, 0.1) is 13.7 Å². The summed E-state index contributed by atoms with van der Waals surface area (Å²) in [5.41, 5.74) is 0.116. The van der Waals surface area contributed by atoms with Crippen LogP contribution in [0.15, 0.2) is 42.5 Å². The van der Waals surface area contributed by atoms with Gasteiger partial charge in [0, 0.05) is 9.64 Å². The molecule has 0 heterocycles. The van der Waals surface area contributed by atoms with Gasteiger partial charge in [-0.2, -0.15) is 0 Å². The highest BCUT2D eigenvalue weighted by Crippen LogP contribution is 2.28. The Bertz CT molecular complexity index is 615. The molecule has 19 heavy (non-hydrogen) atoms. The lowest BCUT2D eigenvalue weighted by molar-refractivity contribution is -0.385. The topological polar surface area (TPSA) is 72.6 Å². The van der Waals surface area contributed by atoms with Crippen LogP contribution in [0.4, 0.5) is 5.69 Å². The summed E-state index contributed by atoms with van der Waals surface area (Å²) in [6.07, 6.45) is 0. The molecule has 0 aliphatic heterocycles. The van der Waals surface area contributed by atoms with E-state index in [1.165, 1.54) is 18.2 Å². The number of nitro benzene ring substituents is 1. The molecule has 0 aromatic heterocycles. The third-order valence-electron chi connectivity index (χ3n) is 2.45. The van der Waals surface area contributed by atoms with Gasteiger partial charge < -0.3 is 9.84 Å². The van der Waals surface area contributed by atoms with Crippen molar-refractivity contribution in [3.8, 4) is 11.5 Å². The Labute approximate surface area is 123 Å². The monoisotopic (exact) mass is 371 g/mol. The zero-order chi connectivity index (χ0) is 13.8. The van der Waals surface area contributed by atoms with Gasteiger partial charge in [0.15, 0.2) is 0 Å². The van der Waals surface area contributed by atoms with Crippen LogP contribution in [0.3, 0.4) is 0 Å². The van der Waals surface area contributed by atoms with E-state index in [0.29, 0.717) is 11.5 Å². The Morgan fingerprint density at radius 2 is 1.95 bits per heavy atom. The van der Waals surface area contributed by atoms with Gasteiger partial charge in [-0.05, 0) is 52.9 Å². The van der Waals surface area contributed by atoms with Crippen molar-refractivity contribution < 1.29 is 14.8 Å². The van der Waals surface area contributed by atoms with Gasteiger partial charge in [0.2, 0.25) is 0 Å². The molecule has 0 bridgehead atoms. The summed E-state index contributed by atoms with van der Waals surface area (Å²) in [6, 6.07) is 11.7. The molecule has 0 radical (unpaired) electrons. The van der Waals surface area contributed by atoms with Crippen LogP contribution < -0.4 is 4.74 Å². The fourth-order valence-corrected chi connectivity index (χ4v) is 2.11. The molecule has 0 aliphatic carbocycles. The largest absolute Gasteiger partial charge is 0.457 e. The molecule has 1 N–H and O–H groups in total. The van der Waals surface area contributed by atoms with E-state index in [0.717, 1.165) is 3.57 Å². The SMILES string of the molecule is O=[N+]([O-])c1ccc(Oc2cccc(I)c2)cc1CO. The highest BCUT2D eigenvalue weighted by atomic mass is 127. The predicted octanol–water partition coefficient (Wildman–Crippen LogP) is 3.48. The second-order valence-electron chi connectivity index (χ2n) is 3.77. The van der Waals surface area contributed by atoms with E-state index >= 15 is 0 Å². The van der Waals surface area contributed by atoms with Gasteiger partial charge >= 0.3 is 0 Å². The van der Waals surface area contributed by atoms with Crippen LogP contribution in [0.2, 0.25) is 0 Å². The first-order valence-corrected chi connectivity index (χ1v) is 6.49. The fourth-order valence-electron chi connectivity index (χ4n) is 1.60. The van der Waals surface area contributed by atoms with Crippen molar-refractivity contribution in [2.75, 3.05) is 0 Å². The number of aliphatic hydroxyl groups is 1.